The van der Waals surface area contributed by atoms with E-state index in [-0.39, 0.29) is 0 Å². The molecule has 1 saturated heterocycles. The van der Waals surface area contributed by atoms with E-state index < -0.39 is 0 Å². The average molecular weight is 167 g/mol. The van der Waals surface area contributed by atoms with Gasteiger partial charge in [-0.05, 0) is 37.6 Å². The van der Waals surface area contributed by atoms with E-state index >= 15 is 0 Å². The Labute approximate surface area is 75.9 Å². The summed E-state index contributed by atoms with van der Waals surface area (Å²) in [6, 6.07) is 0.775. The number of hydrogen-bond acceptors (Lipinski definition) is 1. The van der Waals surface area contributed by atoms with Crippen LogP contribution in [-0.2, 0) is 0 Å². The molecule has 0 aromatic heterocycles. The number of piperidine rings is 1. The first-order valence-electron chi connectivity index (χ1n) is 5.50. The molecule has 1 aliphatic heterocycles. The van der Waals surface area contributed by atoms with Gasteiger partial charge in [0, 0.05) is 6.04 Å². The van der Waals surface area contributed by atoms with Gasteiger partial charge in [-0.1, -0.05) is 26.2 Å². The zero-order chi connectivity index (χ0) is 8.55. The maximum atomic E-state index is 3.61. The Morgan fingerprint density at radius 2 is 2.00 bits per heavy atom. The first-order valence-corrected chi connectivity index (χ1v) is 5.50. The summed E-state index contributed by atoms with van der Waals surface area (Å²) in [5, 5.41) is 3.61. The molecule has 70 valence electrons. The minimum Gasteiger partial charge on any atom is -0.314 e. The van der Waals surface area contributed by atoms with Crippen LogP contribution >= 0.6 is 0 Å². The SMILES string of the molecule is CC1CC2CCCC(C)C2CN1. The van der Waals surface area contributed by atoms with Gasteiger partial charge in [-0.25, -0.2) is 0 Å². The van der Waals surface area contributed by atoms with Gasteiger partial charge in [0.25, 0.3) is 0 Å². The maximum absolute atomic E-state index is 3.61. The Morgan fingerprint density at radius 3 is 2.83 bits per heavy atom. The monoisotopic (exact) mass is 167 g/mol. The average Bonchev–Trinajstić information content (AvgIpc) is 2.04. The predicted molar refractivity (Wildman–Crippen MR) is 52.1 cm³/mol. The highest BCUT2D eigenvalue weighted by Crippen LogP contribution is 2.38. The fraction of sp³-hybridized carbons (Fsp3) is 1.00. The van der Waals surface area contributed by atoms with Crippen LogP contribution < -0.4 is 5.32 Å². The van der Waals surface area contributed by atoms with E-state index in [1.807, 2.05) is 0 Å². The van der Waals surface area contributed by atoms with Crippen molar-refractivity contribution in [3.05, 3.63) is 0 Å². The van der Waals surface area contributed by atoms with Gasteiger partial charge in [-0.15, -0.1) is 0 Å². The molecule has 2 fully saturated rings. The van der Waals surface area contributed by atoms with Crippen molar-refractivity contribution in [2.75, 3.05) is 6.54 Å². The number of rotatable bonds is 0. The van der Waals surface area contributed by atoms with Gasteiger partial charge in [-0.2, -0.15) is 0 Å². The first-order chi connectivity index (χ1) is 5.77. The van der Waals surface area contributed by atoms with E-state index in [2.05, 4.69) is 19.2 Å². The molecule has 0 spiro atoms. The summed E-state index contributed by atoms with van der Waals surface area (Å²) in [4.78, 5) is 0. The van der Waals surface area contributed by atoms with Crippen molar-refractivity contribution in [1.29, 1.82) is 0 Å². The predicted octanol–water partition coefficient (Wildman–Crippen LogP) is 2.42. The lowest BCUT2D eigenvalue weighted by molar-refractivity contribution is 0.109. The fourth-order valence-corrected chi connectivity index (χ4v) is 3.13. The molecule has 1 N–H and O–H groups in total. The highest BCUT2D eigenvalue weighted by Gasteiger charge is 2.34. The van der Waals surface area contributed by atoms with E-state index in [1.165, 1.54) is 32.2 Å². The summed E-state index contributed by atoms with van der Waals surface area (Å²) >= 11 is 0. The van der Waals surface area contributed by atoms with Crippen LogP contribution in [0.2, 0.25) is 0 Å². The second-order valence-electron chi connectivity index (χ2n) is 4.88. The molecule has 1 saturated carbocycles. The van der Waals surface area contributed by atoms with Crippen molar-refractivity contribution < 1.29 is 0 Å². The number of fused-ring (bicyclic) bond motifs is 1. The lowest BCUT2D eigenvalue weighted by Gasteiger charge is -2.42. The Bertz CT molecular complexity index is 155. The smallest absolute Gasteiger partial charge is 0.00415 e. The molecule has 4 atom stereocenters. The zero-order valence-corrected chi connectivity index (χ0v) is 8.34. The largest absolute Gasteiger partial charge is 0.314 e. The van der Waals surface area contributed by atoms with Crippen molar-refractivity contribution >= 4 is 0 Å². The molecule has 4 unspecified atom stereocenters. The van der Waals surface area contributed by atoms with Gasteiger partial charge in [-0.3, -0.25) is 0 Å². The van der Waals surface area contributed by atoms with Gasteiger partial charge in [0.15, 0.2) is 0 Å². The second-order valence-corrected chi connectivity index (χ2v) is 4.88. The van der Waals surface area contributed by atoms with Crippen molar-refractivity contribution in [3.8, 4) is 0 Å². The van der Waals surface area contributed by atoms with Gasteiger partial charge in [0.05, 0.1) is 0 Å². The van der Waals surface area contributed by atoms with Crippen LogP contribution in [0.1, 0.15) is 39.5 Å². The fourth-order valence-electron chi connectivity index (χ4n) is 3.13. The molecule has 2 rings (SSSR count). The van der Waals surface area contributed by atoms with Gasteiger partial charge in [0.2, 0.25) is 0 Å². The van der Waals surface area contributed by atoms with E-state index in [0.717, 1.165) is 23.8 Å². The van der Waals surface area contributed by atoms with Crippen molar-refractivity contribution in [2.45, 2.75) is 45.6 Å². The van der Waals surface area contributed by atoms with E-state index in [0.29, 0.717) is 0 Å². The molecule has 1 heterocycles. The quantitative estimate of drug-likeness (QED) is 0.584. The molecule has 1 aliphatic carbocycles. The Balaban J connectivity index is 1.99. The standard InChI is InChI=1S/C11H21N/c1-8-4-3-5-10-6-9(2)12-7-11(8)10/h8-12H,3-7H2,1-2H3. The highest BCUT2D eigenvalue weighted by molar-refractivity contribution is 4.88. The van der Waals surface area contributed by atoms with Gasteiger partial charge in [0.1, 0.15) is 0 Å². The Hall–Kier alpha value is -0.0400. The molecule has 12 heavy (non-hydrogen) atoms. The third kappa shape index (κ3) is 1.52. The normalized spacial score (nSPS) is 48.5. The van der Waals surface area contributed by atoms with Crippen molar-refractivity contribution in [1.82, 2.24) is 5.32 Å². The summed E-state index contributed by atoms with van der Waals surface area (Å²) in [5.74, 6) is 3.02. The molecule has 0 amide bonds. The van der Waals surface area contributed by atoms with E-state index in [9.17, 15) is 0 Å². The van der Waals surface area contributed by atoms with Crippen LogP contribution in [0.4, 0.5) is 0 Å². The lowest BCUT2D eigenvalue weighted by atomic mass is 9.69. The summed E-state index contributed by atoms with van der Waals surface area (Å²) in [6.45, 7) is 6.05. The van der Waals surface area contributed by atoms with Gasteiger partial charge >= 0.3 is 0 Å². The molecule has 1 nitrogen and oxygen atoms in total. The maximum Gasteiger partial charge on any atom is 0.00415 e. The Morgan fingerprint density at radius 1 is 1.17 bits per heavy atom. The topological polar surface area (TPSA) is 12.0 Å². The van der Waals surface area contributed by atoms with Crippen LogP contribution in [0.5, 0.6) is 0 Å². The van der Waals surface area contributed by atoms with Crippen molar-refractivity contribution in [2.24, 2.45) is 17.8 Å². The number of nitrogens with one attached hydrogen (secondary N) is 1. The first kappa shape index (κ1) is 8.55. The molecule has 0 radical (unpaired) electrons. The summed E-state index contributed by atoms with van der Waals surface area (Å²) < 4.78 is 0. The van der Waals surface area contributed by atoms with E-state index in [4.69, 9.17) is 0 Å². The molecule has 0 aromatic rings. The summed E-state index contributed by atoms with van der Waals surface area (Å²) in [5.41, 5.74) is 0. The van der Waals surface area contributed by atoms with E-state index in [1.54, 1.807) is 0 Å². The molecular weight excluding hydrogens is 146 g/mol. The minimum atomic E-state index is 0.775. The van der Waals surface area contributed by atoms with Crippen molar-refractivity contribution in [3.63, 3.8) is 0 Å². The lowest BCUT2D eigenvalue weighted by Crippen LogP contribution is -2.46. The third-order valence-electron chi connectivity index (χ3n) is 3.93. The second kappa shape index (κ2) is 3.37. The molecule has 1 heteroatoms. The Kier molecular flexibility index (Phi) is 2.40. The zero-order valence-electron chi connectivity index (χ0n) is 8.34. The van der Waals surface area contributed by atoms with Gasteiger partial charge < -0.3 is 5.32 Å². The van der Waals surface area contributed by atoms with Crippen LogP contribution in [-0.4, -0.2) is 12.6 Å². The number of hydrogen-bond donors (Lipinski definition) is 1. The highest BCUT2D eigenvalue weighted by atomic mass is 14.9. The summed E-state index contributed by atoms with van der Waals surface area (Å²) in [6.07, 6.45) is 5.88. The van der Waals surface area contributed by atoms with Crippen LogP contribution in [0.3, 0.4) is 0 Å². The molecular formula is C11H21N. The molecule has 2 aliphatic rings. The molecule has 0 bridgehead atoms. The molecule has 0 aromatic carbocycles. The summed E-state index contributed by atoms with van der Waals surface area (Å²) in [7, 11) is 0. The van der Waals surface area contributed by atoms with Crippen LogP contribution in [0.25, 0.3) is 0 Å². The third-order valence-corrected chi connectivity index (χ3v) is 3.93. The van der Waals surface area contributed by atoms with Crippen LogP contribution in [0.15, 0.2) is 0 Å². The van der Waals surface area contributed by atoms with Crippen LogP contribution in [0, 0.1) is 17.8 Å². The minimum absolute atomic E-state index is 0.775.